The van der Waals surface area contributed by atoms with Crippen LogP contribution < -0.4 is 10.6 Å². The number of nitriles is 1. The zero-order valence-electron chi connectivity index (χ0n) is 15.9. The van der Waals surface area contributed by atoms with Gasteiger partial charge in [-0.2, -0.15) is 5.26 Å². The lowest BCUT2D eigenvalue weighted by Crippen LogP contribution is -2.21. The van der Waals surface area contributed by atoms with Crippen molar-refractivity contribution in [3.8, 4) is 6.07 Å². The molecule has 3 aromatic rings. The Morgan fingerprint density at radius 2 is 1.40 bits per heavy atom. The summed E-state index contributed by atoms with van der Waals surface area (Å²) in [6, 6.07) is 26.8. The summed E-state index contributed by atoms with van der Waals surface area (Å²) in [5.41, 5.74) is 2.38. The Morgan fingerprint density at radius 1 is 0.867 bits per heavy atom. The van der Waals surface area contributed by atoms with Gasteiger partial charge in [0.25, 0.3) is 5.91 Å². The lowest BCUT2D eigenvalue weighted by Gasteiger charge is -2.19. The third kappa shape index (κ3) is 5.12. The van der Waals surface area contributed by atoms with Crippen LogP contribution in [0.5, 0.6) is 0 Å². The lowest BCUT2D eigenvalue weighted by molar-refractivity contribution is -0.112. The van der Waals surface area contributed by atoms with Gasteiger partial charge >= 0.3 is 5.97 Å². The number of carbonyl (C=O) groups excluding carboxylic acids is 1. The van der Waals surface area contributed by atoms with Crippen molar-refractivity contribution in [1.29, 1.82) is 5.26 Å². The summed E-state index contributed by atoms with van der Waals surface area (Å²) < 4.78 is 0. The molecule has 0 aliphatic rings. The van der Waals surface area contributed by atoms with Crippen molar-refractivity contribution < 1.29 is 14.7 Å². The summed E-state index contributed by atoms with van der Waals surface area (Å²) in [5, 5.41) is 24.2. The van der Waals surface area contributed by atoms with Gasteiger partial charge in [0.2, 0.25) is 0 Å². The zero-order chi connectivity index (χ0) is 21.3. The molecule has 0 fully saturated rings. The summed E-state index contributed by atoms with van der Waals surface area (Å²) in [4.78, 5) is 23.4. The second-order valence-electron chi connectivity index (χ2n) is 6.43. The Kier molecular flexibility index (Phi) is 6.59. The van der Waals surface area contributed by atoms with Crippen LogP contribution in [0.3, 0.4) is 0 Å². The van der Waals surface area contributed by atoms with E-state index in [9.17, 15) is 14.9 Å². The van der Waals surface area contributed by atoms with Gasteiger partial charge in [-0.3, -0.25) is 4.79 Å². The van der Waals surface area contributed by atoms with E-state index < -0.39 is 11.9 Å². The molecule has 0 aromatic heterocycles. The molecular formula is C24H19N3O3. The molecule has 6 heteroatoms. The van der Waals surface area contributed by atoms with Crippen molar-refractivity contribution in [2.45, 2.75) is 6.04 Å². The highest BCUT2D eigenvalue weighted by Crippen LogP contribution is 2.22. The molecule has 0 atom stereocenters. The summed E-state index contributed by atoms with van der Waals surface area (Å²) in [6.07, 6.45) is 1.39. The number of hydrogen-bond donors (Lipinski definition) is 3. The summed E-state index contributed by atoms with van der Waals surface area (Å²) in [6.45, 7) is 0. The predicted octanol–water partition coefficient (Wildman–Crippen LogP) is 4.11. The third-order valence-electron chi connectivity index (χ3n) is 4.41. The Hall–Kier alpha value is -4.37. The van der Waals surface area contributed by atoms with Gasteiger partial charge in [0.15, 0.2) is 0 Å². The number of anilines is 1. The van der Waals surface area contributed by atoms with Crippen molar-refractivity contribution in [3.63, 3.8) is 0 Å². The summed E-state index contributed by atoms with van der Waals surface area (Å²) in [7, 11) is 0. The van der Waals surface area contributed by atoms with Crippen LogP contribution in [-0.2, 0) is 4.79 Å². The van der Waals surface area contributed by atoms with Gasteiger partial charge in [0.1, 0.15) is 11.6 Å². The van der Waals surface area contributed by atoms with Crippen LogP contribution in [0.25, 0.3) is 0 Å². The van der Waals surface area contributed by atoms with Crippen LogP contribution in [0.2, 0.25) is 0 Å². The normalized spacial score (nSPS) is 10.9. The highest BCUT2D eigenvalue weighted by molar-refractivity contribution is 6.06. The highest BCUT2D eigenvalue weighted by Gasteiger charge is 2.15. The van der Waals surface area contributed by atoms with Crippen LogP contribution >= 0.6 is 0 Å². The van der Waals surface area contributed by atoms with E-state index in [1.165, 1.54) is 30.5 Å². The molecule has 0 bridgehead atoms. The number of carboxylic acids is 1. The molecule has 3 N–H and O–H groups in total. The monoisotopic (exact) mass is 397 g/mol. The van der Waals surface area contributed by atoms with E-state index in [0.717, 1.165) is 11.1 Å². The maximum Gasteiger partial charge on any atom is 0.335 e. The molecule has 3 aromatic carbocycles. The maximum atomic E-state index is 12.5. The van der Waals surface area contributed by atoms with E-state index in [-0.39, 0.29) is 17.2 Å². The van der Waals surface area contributed by atoms with E-state index in [1.54, 1.807) is 0 Å². The Balaban J connectivity index is 1.79. The Morgan fingerprint density at radius 3 is 1.87 bits per heavy atom. The SMILES string of the molecule is N#C/C(=C/NC(c1ccccc1)c1ccccc1)C(=O)Nc1ccc(C(=O)O)cc1. The van der Waals surface area contributed by atoms with E-state index in [4.69, 9.17) is 5.11 Å². The van der Waals surface area contributed by atoms with E-state index in [0.29, 0.717) is 5.69 Å². The minimum atomic E-state index is -1.05. The fourth-order valence-corrected chi connectivity index (χ4v) is 2.89. The number of aromatic carboxylic acids is 1. The van der Waals surface area contributed by atoms with Gasteiger partial charge in [0.05, 0.1) is 11.6 Å². The van der Waals surface area contributed by atoms with Crippen LogP contribution in [0.4, 0.5) is 5.69 Å². The van der Waals surface area contributed by atoms with Crippen molar-refractivity contribution in [3.05, 3.63) is 113 Å². The first-order chi connectivity index (χ1) is 14.6. The van der Waals surface area contributed by atoms with Crippen molar-refractivity contribution in [2.24, 2.45) is 0 Å². The lowest BCUT2D eigenvalue weighted by atomic mass is 9.99. The molecule has 0 spiro atoms. The number of hydrogen-bond acceptors (Lipinski definition) is 4. The first-order valence-corrected chi connectivity index (χ1v) is 9.19. The summed E-state index contributed by atoms with van der Waals surface area (Å²) in [5.74, 6) is -1.64. The smallest absolute Gasteiger partial charge is 0.335 e. The molecule has 148 valence electrons. The molecule has 0 saturated carbocycles. The van der Waals surface area contributed by atoms with E-state index in [1.807, 2.05) is 66.7 Å². The molecule has 0 aliphatic carbocycles. The zero-order valence-corrected chi connectivity index (χ0v) is 15.9. The number of benzene rings is 3. The van der Waals surface area contributed by atoms with Gasteiger partial charge in [0, 0.05) is 11.9 Å². The number of carboxylic acid groups (broad SMARTS) is 1. The van der Waals surface area contributed by atoms with Gasteiger partial charge in [-0.15, -0.1) is 0 Å². The fourth-order valence-electron chi connectivity index (χ4n) is 2.89. The van der Waals surface area contributed by atoms with Crippen molar-refractivity contribution in [1.82, 2.24) is 5.32 Å². The molecule has 3 rings (SSSR count). The number of amides is 1. The number of nitrogens with one attached hydrogen (secondary N) is 2. The maximum absolute atomic E-state index is 12.5. The minimum absolute atomic E-state index is 0.103. The Labute approximate surface area is 174 Å². The minimum Gasteiger partial charge on any atom is -0.478 e. The largest absolute Gasteiger partial charge is 0.478 e. The molecule has 0 saturated heterocycles. The van der Waals surface area contributed by atoms with Gasteiger partial charge in [-0.25, -0.2) is 4.79 Å². The predicted molar refractivity (Wildman–Crippen MR) is 114 cm³/mol. The molecule has 0 heterocycles. The van der Waals surface area contributed by atoms with E-state index >= 15 is 0 Å². The van der Waals surface area contributed by atoms with Crippen LogP contribution in [0.15, 0.2) is 96.7 Å². The number of rotatable bonds is 7. The van der Waals surface area contributed by atoms with Crippen LogP contribution in [0, 0.1) is 11.3 Å². The quantitative estimate of drug-likeness (QED) is 0.411. The third-order valence-corrected chi connectivity index (χ3v) is 4.41. The first-order valence-electron chi connectivity index (χ1n) is 9.19. The average Bonchev–Trinajstić information content (AvgIpc) is 2.78. The van der Waals surface area contributed by atoms with Gasteiger partial charge in [-0.05, 0) is 35.4 Å². The number of carbonyl (C=O) groups is 2. The first kappa shape index (κ1) is 20.4. The molecule has 30 heavy (non-hydrogen) atoms. The molecule has 0 radical (unpaired) electrons. The molecule has 6 nitrogen and oxygen atoms in total. The standard InChI is InChI=1S/C24H19N3O3/c25-15-20(23(28)27-21-13-11-19(12-14-21)24(29)30)16-26-22(17-7-3-1-4-8-17)18-9-5-2-6-10-18/h1-14,16,22,26H,(H,27,28)(H,29,30)/b20-16-. The Bertz CT molecular complexity index is 1050. The second kappa shape index (κ2) is 9.71. The highest BCUT2D eigenvalue weighted by atomic mass is 16.4. The van der Waals surface area contributed by atoms with Crippen LogP contribution in [-0.4, -0.2) is 17.0 Å². The van der Waals surface area contributed by atoms with Crippen molar-refractivity contribution >= 4 is 17.6 Å². The van der Waals surface area contributed by atoms with Gasteiger partial charge < -0.3 is 15.7 Å². The van der Waals surface area contributed by atoms with E-state index in [2.05, 4.69) is 10.6 Å². The second-order valence-corrected chi connectivity index (χ2v) is 6.43. The molecular weight excluding hydrogens is 378 g/mol. The summed E-state index contributed by atoms with van der Waals surface area (Å²) >= 11 is 0. The average molecular weight is 397 g/mol. The fraction of sp³-hybridized carbons (Fsp3) is 0.0417. The topological polar surface area (TPSA) is 102 Å². The van der Waals surface area contributed by atoms with Crippen molar-refractivity contribution in [2.75, 3.05) is 5.32 Å². The van der Waals surface area contributed by atoms with Gasteiger partial charge in [-0.1, -0.05) is 60.7 Å². The van der Waals surface area contributed by atoms with Crippen LogP contribution in [0.1, 0.15) is 27.5 Å². The molecule has 0 aliphatic heterocycles. The molecule has 1 amide bonds. The molecule has 0 unspecified atom stereocenters. The number of nitrogens with zero attached hydrogens (tertiary/aromatic N) is 1.